The number of carbonyl (C=O) groups excluding carboxylic acids is 2. The molecule has 0 saturated carbocycles. The number of ether oxygens (including phenoxy) is 2. The van der Waals surface area contributed by atoms with Crippen LogP contribution in [0.4, 0.5) is 0 Å². The summed E-state index contributed by atoms with van der Waals surface area (Å²) < 4.78 is 13.7. The summed E-state index contributed by atoms with van der Waals surface area (Å²) in [5.41, 5.74) is 10.8. The highest BCUT2D eigenvalue weighted by Gasteiger charge is 2.29. The van der Waals surface area contributed by atoms with Gasteiger partial charge in [0.05, 0.1) is 74.7 Å². The van der Waals surface area contributed by atoms with Crippen LogP contribution in [0.5, 0.6) is 11.5 Å². The number of nitrogens with zero attached hydrogens (tertiary/aromatic N) is 5. The monoisotopic (exact) mass is 1080 g/mol. The summed E-state index contributed by atoms with van der Waals surface area (Å²) in [6, 6.07) is 38.0. The highest BCUT2D eigenvalue weighted by atomic mass is 79.9. The van der Waals surface area contributed by atoms with Gasteiger partial charge in [-0.1, -0.05) is 76.6 Å². The summed E-state index contributed by atoms with van der Waals surface area (Å²) in [5.74, 6) is 1.90. The second-order valence-electron chi connectivity index (χ2n) is 17.7. The Morgan fingerprint density at radius 3 is 1.62 bits per heavy atom. The van der Waals surface area contributed by atoms with Gasteiger partial charge in [-0.2, -0.15) is 0 Å². The van der Waals surface area contributed by atoms with E-state index < -0.39 is 0 Å². The Morgan fingerprint density at radius 2 is 1.14 bits per heavy atom. The molecule has 14 nitrogen and oxygen atoms in total. The first-order chi connectivity index (χ1) is 35.9. The van der Waals surface area contributed by atoms with Crippen LogP contribution in [0.3, 0.4) is 0 Å². The number of halogens is 1. The number of alkyl halides is 1. The van der Waals surface area contributed by atoms with E-state index in [2.05, 4.69) is 56.7 Å². The highest BCUT2D eigenvalue weighted by molar-refractivity contribution is 9.09. The van der Waals surface area contributed by atoms with Crippen molar-refractivity contribution in [1.29, 1.82) is 0 Å². The predicted octanol–water partition coefficient (Wildman–Crippen LogP) is 9.03. The lowest BCUT2D eigenvalue weighted by atomic mass is 9.94. The first kappa shape index (κ1) is 53.1. The number of amides is 2. The van der Waals surface area contributed by atoms with Crippen LogP contribution in [-0.4, -0.2) is 98.1 Å². The van der Waals surface area contributed by atoms with Crippen molar-refractivity contribution in [2.75, 3.05) is 51.3 Å². The zero-order valence-corrected chi connectivity index (χ0v) is 43.7. The number of aromatic nitrogens is 4. The van der Waals surface area contributed by atoms with E-state index in [1.165, 1.54) is 4.70 Å². The molecular formula is C56H61BrN8O6S2. The standard InChI is InChI=1S/C28H30N4O3S.C19H23N3O2.C9H8BrNOS/c33-18-20-4-3-5-22(16-20)27(25-6-1-2-11-29-25)31-28(34)21-9-12-32(13-10-21)14-15-35-23-7-8-24-26(17-23)36-19-30-24;23-13-14-4-3-5-16(12-14)18(17-6-1-2-9-21-17)22-19(24)15-7-10-20-11-8-15;10-3-4-12-7-1-2-8-9(5-7)13-6-11-8/h1-8,11,16-17,19,21,27,33H,9-10,12-15,18H2,(H,31,34);1-6,9,12,15,18,20,23H,7-8,10-11,13H2,(H,22,24);1-2,5-6H,3-4H2. The molecule has 0 radical (unpaired) electrons. The van der Waals surface area contributed by atoms with Crippen LogP contribution in [0.1, 0.15) is 71.4 Å². The molecule has 2 amide bonds. The maximum atomic E-state index is 13.3. The maximum absolute atomic E-state index is 13.3. The van der Waals surface area contributed by atoms with Crippen molar-refractivity contribution in [2.24, 2.45) is 11.8 Å². The number of likely N-dealkylation sites (tertiary alicyclic amines) is 1. The van der Waals surface area contributed by atoms with E-state index >= 15 is 0 Å². The Bertz CT molecular complexity index is 2950. The largest absolute Gasteiger partial charge is 0.493 e. The molecule has 73 heavy (non-hydrogen) atoms. The number of thiazole rings is 2. The Balaban J connectivity index is 0.000000164. The number of carbonyl (C=O) groups is 2. The average Bonchev–Trinajstić information content (AvgIpc) is 4.14. The van der Waals surface area contributed by atoms with Gasteiger partial charge in [0, 0.05) is 36.1 Å². The normalized spacial score (nSPS) is 15.0. The summed E-state index contributed by atoms with van der Waals surface area (Å²) in [5, 5.41) is 29.5. The second-order valence-corrected chi connectivity index (χ2v) is 20.3. The molecule has 2 saturated heterocycles. The first-order valence-electron chi connectivity index (χ1n) is 24.6. The van der Waals surface area contributed by atoms with Crippen molar-refractivity contribution < 1.29 is 29.3 Å². The molecule has 2 aliphatic heterocycles. The average molecular weight is 1090 g/mol. The van der Waals surface area contributed by atoms with Gasteiger partial charge in [0.2, 0.25) is 11.8 Å². The summed E-state index contributed by atoms with van der Waals surface area (Å²) in [7, 11) is 0. The van der Waals surface area contributed by atoms with Crippen molar-refractivity contribution in [1.82, 2.24) is 40.8 Å². The molecule has 4 aromatic carbocycles. The van der Waals surface area contributed by atoms with Gasteiger partial charge in [0.1, 0.15) is 18.1 Å². The lowest BCUT2D eigenvalue weighted by molar-refractivity contribution is -0.127. The van der Waals surface area contributed by atoms with E-state index in [1.807, 2.05) is 132 Å². The molecular weight excluding hydrogens is 1020 g/mol. The van der Waals surface area contributed by atoms with Gasteiger partial charge in [-0.15, -0.1) is 22.7 Å². The number of benzene rings is 4. The van der Waals surface area contributed by atoms with E-state index in [-0.39, 0.29) is 48.9 Å². The van der Waals surface area contributed by atoms with Gasteiger partial charge >= 0.3 is 0 Å². The molecule has 380 valence electrons. The number of aliphatic hydroxyl groups excluding tert-OH is 2. The van der Waals surface area contributed by atoms with E-state index in [0.29, 0.717) is 13.2 Å². The lowest BCUT2D eigenvalue weighted by Crippen LogP contribution is -2.43. The fourth-order valence-corrected chi connectivity index (χ4v) is 10.4. The number of fused-ring (bicyclic) bond motifs is 2. The van der Waals surface area contributed by atoms with Crippen molar-refractivity contribution in [3.8, 4) is 11.5 Å². The third-order valence-electron chi connectivity index (χ3n) is 12.8. The van der Waals surface area contributed by atoms with Gasteiger partial charge in [0.15, 0.2) is 0 Å². The van der Waals surface area contributed by atoms with Gasteiger partial charge in [0.25, 0.3) is 0 Å². The molecule has 2 unspecified atom stereocenters. The van der Waals surface area contributed by atoms with E-state index in [4.69, 9.17) is 9.47 Å². The van der Waals surface area contributed by atoms with Crippen LogP contribution < -0.4 is 25.4 Å². The van der Waals surface area contributed by atoms with Crippen LogP contribution in [0.25, 0.3) is 20.4 Å². The van der Waals surface area contributed by atoms with Gasteiger partial charge in [-0.3, -0.25) is 24.5 Å². The third-order valence-corrected chi connectivity index (χ3v) is 14.7. The maximum Gasteiger partial charge on any atom is 0.224 e. The fraction of sp³-hybridized carbons (Fsp3) is 0.321. The number of piperidine rings is 2. The van der Waals surface area contributed by atoms with Crippen molar-refractivity contribution >= 4 is 70.9 Å². The van der Waals surface area contributed by atoms with Crippen LogP contribution in [0.15, 0.2) is 145 Å². The fourth-order valence-electron chi connectivity index (χ4n) is 8.81. The summed E-state index contributed by atoms with van der Waals surface area (Å²) in [4.78, 5) is 45.7. The van der Waals surface area contributed by atoms with Crippen LogP contribution in [0, 0.1) is 11.8 Å². The molecule has 8 aromatic rings. The van der Waals surface area contributed by atoms with Crippen molar-refractivity contribution in [3.63, 3.8) is 0 Å². The Morgan fingerprint density at radius 1 is 0.630 bits per heavy atom. The third kappa shape index (κ3) is 15.4. The summed E-state index contributed by atoms with van der Waals surface area (Å²) in [6.45, 7) is 5.57. The van der Waals surface area contributed by atoms with Gasteiger partial charge in [-0.05, 0) is 135 Å². The topological polar surface area (TPSA) is 184 Å². The van der Waals surface area contributed by atoms with Gasteiger partial charge < -0.3 is 35.6 Å². The Kier molecular flexibility index (Phi) is 20.2. The molecule has 5 N–H and O–H groups in total. The number of nitrogens with one attached hydrogen (secondary N) is 3. The number of hydrogen-bond acceptors (Lipinski definition) is 14. The number of hydrogen-bond donors (Lipinski definition) is 5. The number of aliphatic hydroxyl groups is 2. The summed E-state index contributed by atoms with van der Waals surface area (Å²) >= 11 is 6.56. The molecule has 2 aliphatic rings. The zero-order valence-electron chi connectivity index (χ0n) is 40.5. The molecule has 0 spiro atoms. The number of rotatable bonds is 17. The molecule has 2 atom stereocenters. The van der Waals surface area contributed by atoms with E-state index in [1.54, 1.807) is 35.1 Å². The molecule has 6 heterocycles. The molecule has 4 aromatic heterocycles. The molecule has 17 heteroatoms. The van der Waals surface area contributed by atoms with E-state index in [9.17, 15) is 19.8 Å². The molecule has 2 fully saturated rings. The zero-order chi connectivity index (χ0) is 50.6. The van der Waals surface area contributed by atoms with Crippen LogP contribution in [0.2, 0.25) is 0 Å². The van der Waals surface area contributed by atoms with Gasteiger partial charge in [-0.25, -0.2) is 9.97 Å². The minimum Gasteiger partial charge on any atom is -0.493 e. The first-order valence-corrected chi connectivity index (χ1v) is 27.5. The lowest BCUT2D eigenvalue weighted by Gasteiger charge is -2.32. The minimum atomic E-state index is -0.354. The van der Waals surface area contributed by atoms with E-state index in [0.717, 1.165) is 125 Å². The Hall–Kier alpha value is -6.18. The molecule has 0 bridgehead atoms. The molecule has 10 rings (SSSR count). The van der Waals surface area contributed by atoms with Crippen LogP contribution in [-0.2, 0) is 22.8 Å². The molecule has 0 aliphatic carbocycles. The predicted molar refractivity (Wildman–Crippen MR) is 292 cm³/mol. The van der Waals surface area contributed by atoms with Crippen molar-refractivity contribution in [2.45, 2.75) is 51.0 Å². The SMILES string of the molecule is BrCCOc1ccc2ncsc2c1.O=C(NC(c1cccc(CO)c1)c1ccccn1)C1CCN(CCOc2ccc3ncsc3c2)CC1.O=C(NC(c1cccc(CO)c1)c1ccccn1)C1CCNCC1. The quantitative estimate of drug-likeness (QED) is 0.0547. The smallest absolute Gasteiger partial charge is 0.224 e. The summed E-state index contributed by atoms with van der Waals surface area (Å²) in [6.07, 6.45) is 6.80. The number of pyridine rings is 2. The minimum absolute atomic E-state index is 0.0228. The van der Waals surface area contributed by atoms with Crippen molar-refractivity contribution in [3.05, 3.63) is 178 Å². The highest BCUT2D eigenvalue weighted by Crippen LogP contribution is 2.28. The Labute approximate surface area is 442 Å². The second kappa shape index (κ2) is 27.8. The van der Waals surface area contributed by atoms with Crippen LogP contribution >= 0.6 is 38.6 Å².